The molecular weight excluding hydrogens is 358 g/mol. The molecule has 0 atom stereocenters. The Labute approximate surface area is 161 Å². The molecule has 0 amide bonds. The summed E-state index contributed by atoms with van der Waals surface area (Å²) in [5.74, 6) is -0.0304. The van der Waals surface area contributed by atoms with Crippen LogP contribution in [0.5, 0.6) is 11.5 Å². The van der Waals surface area contributed by atoms with Gasteiger partial charge in [-0.25, -0.2) is 4.68 Å². The molecule has 0 radical (unpaired) electrons. The second-order valence-electron chi connectivity index (χ2n) is 6.13. The first-order chi connectivity index (χ1) is 13.0. The van der Waals surface area contributed by atoms with Crippen molar-refractivity contribution < 1.29 is 10.2 Å². The fraction of sp³-hybridized carbons (Fsp3) is 0.143. The number of hydrogen-bond acceptors (Lipinski definition) is 5. The first-order valence-electron chi connectivity index (χ1n) is 8.45. The first-order valence-corrected chi connectivity index (χ1v) is 9.33. The third-order valence-corrected chi connectivity index (χ3v) is 5.02. The molecule has 5 nitrogen and oxygen atoms in total. The molecule has 27 heavy (non-hydrogen) atoms. The van der Waals surface area contributed by atoms with Gasteiger partial charge in [0.15, 0.2) is 0 Å². The highest BCUT2D eigenvalue weighted by Crippen LogP contribution is 2.24. The molecule has 0 aliphatic carbocycles. The normalized spacial score (nSPS) is 12.0. The van der Waals surface area contributed by atoms with Crippen molar-refractivity contribution in [2.75, 3.05) is 6.54 Å². The Kier molecular flexibility index (Phi) is 5.57. The summed E-state index contributed by atoms with van der Waals surface area (Å²) in [5.41, 5.74) is 4.90. The van der Waals surface area contributed by atoms with Crippen LogP contribution in [0.4, 0.5) is 0 Å². The summed E-state index contributed by atoms with van der Waals surface area (Å²) in [5, 5.41) is 26.0. The molecule has 0 unspecified atom stereocenters. The van der Waals surface area contributed by atoms with Crippen molar-refractivity contribution in [1.29, 1.82) is 0 Å². The number of phenolic OH excluding ortho intramolecular Hbond substituents is 2. The van der Waals surface area contributed by atoms with E-state index in [4.69, 9.17) is 0 Å². The zero-order valence-corrected chi connectivity index (χ0v) is 16.1. The average Bonchev–Trinajstić information content (AvgIpc) is 3.04. The number of aromatic nitrogens is 1. The van der Waals surface area contributed by atoms with Gasteiger partial charge in [-0.05, 0) is 43.2 Å². The maximum atomic E-state index is 9.99. The maximum Gasteiger partial charge on any atom is 0.206 e. The van der Waals surface area contributed by atoms with E-state index in [2.05, 4.69) is 48.7 Å². The van der Waals surface area contributed by atoms with E-state index in [0.29, 0.717) is 12.1 Å². The second kappa shape index (κ2) is 8.05. The molecule has 0 fully saturated rings. The summed E-state index contributed by atoms with van der Waals surface area (Å²) in [4.78, 5) is 5.24. The number of aromatic hydroxyl groups is 2. The molecule has 3 rings (SSSR count). The average molecular weight is 379 g/mol. The number of phenols is 2. The zero-order chi connectivity index (χ0) is 19.4. The van der Waals surface area contributed by atoms with Crippen molar-refractivity contribution in [3.8, 4) is 22.8 Å². The van der Waals surface area contributed by atoms with Crippen molar-refractivity contribution in [2.45, 2.75) is 13.8 Å². The van der Waals surface area contributed by atoms with E-state index < -0.39 is 0 Å². The summed E-state index contributed by atoms with van der Waals surface area (Å²) in [6, 6.07) is 10.7. The van der Waals surface area contributed by atoms with Crippen LogP contribution in [0.1, 0.15) is 16.7 Å². The number of nitrogens with zero attached hydrogens (tertiary/aromatic N) is 3. The van der Waals surface area contributed by atoms with Gasteiger partial charge in [-0.3, -0.25) is 4.99 Å². The van der Waals surface area contributed by atoms with Gasteiger partial charge in [0, 0.05) is 22.6 Å². The van der Waals surface area contributed by atoms with Crippen LogP contribution >= 0.6 is 11.3 Å². The molecular formula is C21H21N3O2S. The highest BCUT2D eigenvalue weighted by molar-refractivity contribution is 7.07. The van der Waals surface area contributed by atoms with Gasteiger partial charge in [0.05, 0.1) is 18.5 Å². The fourth-order valence-electron chi connectivity index (χ4n) is 2.52. The van der Waals surface area contributed by atoms with E-state index in [1.807, 2.05) is 5.38 Å². The van der Waals surface area contributed by atoms with Gasteiger partial charge in [0.1, 0.15) is 11.5 Å². The molecule has 3 aromatic rings. The van der Waals surface area contributed by atoms with Crippen molar-refractivity contribution in [2.24, 2.45) is 10.1 Å². The molecule has 0 aliphatic heterocycles. The van der Waals surface area contributed by atoms with Crippen LogP contribution in [0.3, 0.4) is 0 Å². The quantitative estimate of drug-likeness (QED) is 0.515. The number of rotatable bonds is 5. The van der Waals surface area contributed by atoms with Gasteiger partial charge in [-0.1, -0.05) is 18.2 Å². The molecule has 2 aromatic carbocycles. The summed E-state index contributed by atoms with van der Waals surface area (Å²) in [6.07, 6.45) is 3.29. The molecule has 2 N–H and O–H groups in total. The Morgan fingerprint density at radius 2 is 1.93 bits per heavy atom. The van der Waals surface area contributed by atoms with Gasteiger partial charge in [-0.15, -0.1) is 17.9 Å². The minimum Gasteiger partial charge on any atom is -0.508 e. The van der Waals surface area contributed by atoms with E-state index >= 15 is 0 Å². The largest absolute Gasteiger partial charge is 0.508 e. The Bertz CT molecular complexity index is 1080. The Balaban J connectivity index is 2.10. The molecule has 1 heterocycles. The fourth-order valence-corrected chi connectivity index (χ4v) is 3.37. The van der Waals surface area contributed by atoms with Gasteiger partial charge in [0.2, 0.25) is 4.80 Å². The van der Waals surface area contributed by atoms with E-state index in [1.165, 1.54) is 34.6 Å². The highest BCUT2D eigenvalue weighted by Gasteiger charge is 2.09. The molecule has 0 saturated carbocycles. The molecule has 0 bridgehead atoms. The lowest BCUT2D eigenvalue weighted by Crippen LogP contribution is -2.12. The van der Waals surface area contributed by atoms with Crippen LogP contribution in [0.2, 0.25) is 0 Å². The van der Waals surface area contributed by atoms with Crippen molar-refractivity contribution in [3.05, 3.63) is 75.9 Å². The highest BCUT2D eigenvalue weighted by atomic mass is 32.1. The molecule has 0 aliphatic rings. The van der Waals surface area contributed by atoms with Crippen LogP contribution in [0, 0.1) is 13.8 Å². The summed E-state index contributed by atoms with van der Waals surface area (Å²) in [7, 11) is 0. The second-order valence-corrected chi connectivity index (χ2v) is 6.97. The third-order valence-electron chi connectivity index (χ3n) is 4.17. The lowest BCUT2D eigenvalue weighted by atomic mass is 10.1. The topological polar surface area (TPSA) is 70.1 Å². The third kappa shape index (κ3) is 4.17. The smallest absolute Gasteiger partial charge is 0.206 e. The standard InChI is InChI=1S/C21H21N3O2S/c1-4-9-22-21-24(23-12-17-7-8-18(25)11-20(17)26)19(13-27-21)16-6-5-14(2)15(3)10-16/h4-8,10-13,25-26H,1,9H2,2-3H3. The van der Waals surface area contributed by atoms with Gasteiger partial charge >= 0.3 is 0 Å². The summed E-state index contributed by atoms with van der Waals surface area (Å²) < 4.78 is 1.75. The first kappa shape index (κ1) is 18.7. The zero-order valence-electron chi connectivity index (χ0n) is 15.3. The van der Waals surface area contributed by atoms with Crippen molar-refractivity contribution >= 4 is 17.6 Å². The van der Waals surface area contributed by atoms with Crippen LogP contribution < -0.4 is 4.80 Å². The van der Waals surface area contributed by atoms with Crippen LogP contribution in [-0.4, -0.2) is 27.6 Å². The minimum atomic E-state index is -0.0353. The number of thiazole rings is 1. The number of aryl methyl sites for hydroxylation is 2. The van der Waals surface area contributed by atoms with Gasteiger partial charge in [0.25, 0.3) is 0 Å². The van der Waals surface area contributed by atoms with Gasteiger partial charge < -0.3 is 10.2 Å². The van der Waals surface area contributed by atoms with Crippen LogP contribution in [0.25, 0.3) is 11.3 Å². The van der Waals surface area contributed by atoms with Crippen molar-refractivity contribution in [3.63, 3.8) is 0 Å². The lowest BCUT2D eigenvalue weighted by Gasteiger charge is -2.07. The molecule has 6 heteroatoms. The Morgan fingerprint density at radius 1 is 1.11 bits per heavy atom. The predicted octanol–water partition coefficient (Wildman–Crippen LogP) is 4.21. The van der Waals surface area contributed by atoms with Crippen molar-refractivity contribution in [1.82, 2.24) is 4.68 Å². The van der Waals surface area contributed by atoms with E-state index in [0.717, 1.165) is 16.1 Å². The minimum absolute atomic E-state index is 0.00493. The van der Waals surface area contributed by atoms with Crippen LogP contribution in [-0.2, 0) is 0 Å². The maximum absolute atomic E-state index is 9.99. The Hall–Kier alpha value is -3.12. The van der Waals surface area contributed by atoms with E-state index in [1.54, 1.807) is 23.0 Å². The summed E-state index contributed by atoms with van der Waals surface area (Å²) >= 11 is 1.50. The molecule has 0 saturated heterocycles. The lowest BCUT2D eigenvalue weighted by molar-refractivity contribution is 0.450. The van der Waals surface area contributed by atoms with E-state index in [9.17, 15) is 10.2 Å². The van der Waals surface area contributed by atoms with Crippen LogP contribution in [0.15, 0.2) is 64.5 Å². The molecule has 1 aromatic heterocycles. The Morgan fingerprint density at radius 3 is 2.63 bits per heavy atom. The van der Waals surface area contributed by atoms with Gasteiger partial charge in [-0.2, -0.15) is 5.10 Å². The summed E-state index contributed by atoms with van der Waals surface area (Å²) in [6.45, 7) is 8.36. The number of hydrogen-bond donors (Lipinski definition) is 2. The SMILES string of the molecule is C=CCN=c1scc(-c2ccc(C)c(C)c2)n1N=Cc1ccc(O)cc1O. The number of benzene rings is 2. The molecule has 138 valence electrons. The predicted molar refractivity (Wildman–Crippen MR) is 111 cm³/mol. The van der Waals surface area contributed by atoms with E-state index in [-0.39, 0.29) is 11.5 Å². The monoisotopic (exact) mass is 379 g/mol. The molecule has 0 spiro atoms.